The summed E-state index contributed by atoms with van der Waals surface area (Å²) in [5.41, 5.74) is 12.2. The van der Waals surface area contributed by atoms with Gasteiger partial charge in [0.25, 0.3) is 0 Å². The van der Waals surface area contributed by atoms with Crippen LogP contribution in [0.4, 0.5) is 11.6 Å². The van der Waals surface area contributed by atoms with Crippen molar-refractivity contribution in [2.45, 2.75) is 24.5 Å². The van der Waals surface area contributed by atoms with Crippen molar-refractivity contribution in [2.24, 2.45) is 0 Å². The predicted molar refractivity (Wildman–Crippen MR) is 80.3 cm³/mol. The van der Waals surface area contributed by atoms with Gasteiger partial charge in [0.15, 0.2) is 12.0 Å². The highest BCUT2D eigenvalue weighted by Gasteiger charge is 2.45. The highest BCUT2D eigenvalue weighted by atomic mass is 31.2. The summed E-state index contributed by atoms with van der Waals surface area (Å²) in [5, 5.41) is 20.2. The topological polar surface area (TPSA) is 199 Å². The zero-order valence-corrected chi connectivity index (χ0v) is 13.0. The third kappa shape index (κ3) is 3.08. The Labute approximate surface area is 134 Å². The summed E-state index contributed by atoms with van der Waals surface area (Å²) in [6, 6.07) is 1.48. The first kappa shape index (κ1) is 17.0. The summed E-state index contributed by atoms with van der Waals surface area (Å²) in [6.07, 6.45) is -3.75. The maximum absolute atomic E-state index is 10.8. The van der Waals surface area contributed by atoms with Gasteiger partial charge in [-0.3, -0.25) is 9.09 Å². The van der Waals surface area contributed by atoms with Gasteiger partial charge in [-0.1, -0.05) is 0 Å². The number of phosphoric ester groups is 1. The van der Waals surface area contributed by atoms with E-state index in [9.17, 15) is 14.8 Å². The maximum atomic E-state index is 10.8. The fourth-order valence-corrected chi connectivity index (χ4v) is 2.91. The quantitative estimate of drug-likeness (QED) is 0.340. The van der Waals surface area contributed by atoms with Crippen molar-refractivity contribution in [1.82, 2.24) is 14.5 Å². The van der Waals surface area contributed by atoms with Crippen molar-refractivity contribution >= 4 is 30.5 Å². The normalized spacial score (nSPS) is 27.8. The third-order valence-electron chi connectivity index (χ3n) is 3.62. The number of aliphatic hydroxyl groups is 2. The molecule has 3 rings (SSSR count). The van der Waals surface area contributed by atoms with Crippen molar-refractivity contribution in [3.63, 3.8) is 0 Å². The fraction of sp³-hybridized carbons (Fsp3) is 0.455. The lowest BCUT2D eigenvalue weighted by Gasteiger charge is -2.17. The number of aromatic nitrogens is 3. The van der Waals surface area contributed by atoms with E-state index in [4.69, 9.17) is 26.0 Å². The zero-order valence-electron chi connectivity index (χ0n) is 12.1. The highest BCUT2D eigenvalue weighted by molar-refractivity contribution is 7.46. The maximum Gasteiger partial charge on any atom is 0.469 e. The van der Waals surface area contributed by atoms with Crippen LogP contribution in [0.5, 0.6) is 0 Å². The minimum atomic E-state index is -4.73. The number of hydrogen-bond acceptors (Lipinski definition) is 9. The van der Waals surface area contributed by atoms with Gasteiger partial charge in [0.2, 0.25) is 0 Å². The second-order valence-electron chi connectivity index (χ2n) is 5.28. The van der Waals surface area contributed by atoms with Crippen LogP contribution >= 0.6 is 7.82 Å². The van der Waals surface area contributed by atoms with Crippen molar-refractivity contribution in [2.75, 3.05) is 18.1 Å². The molecule has 8 N–H and O–H groups in total. The van der Waals surface area contributed by atoms with E-state index in [0.29, 0.717) is 11.0 Å². The summed E-state index contributed by atoms with van der Waals surface area (Å²) >= 11 is 0. The second-order valence-corrected chi connectivity index (χ2v) is 6.52. The number of pyridine rings is 1. The predicted octanol–water partition coefficient (Wildman–Crippen LogP) is -1.68. The number of phosphoric acid groups is 1. The summed E-state index contributed by atoms with van der Waals surface area (Å²) in [4.78, 5) is 25.4. The van der Waals surface area contributed by atoms with Gasteiger partial charge < -0.3 is 36.2 Å². The first-order valence-corrected chi connectivity index (χ1v) is 8.30. The van der Waals surface area contributed by atoms with Crippen LogP contribution in [0, 0.1) is 0 Å². The molecule has 12 nitrogen and oxygen atoms in total. The monoisotopic (exact) mass is 361 g/mol. The Kier molecular flexibility index (Phi) is 4.21. The molecule has 2 aromatic rings. The van der Waals surface area contributed by atoms with E-state index in [0.717, 1.165) is 0 Å². The molecular formula is C11H16N5O7P. The molecule has 1 saturated heterocycles. The van der Waals surface area contributed by atoms with Gasteiger partial charge in [0.05, 0.1) is 18.5 Å². The molecule has 0 spiro atoms. The van der Waals surface area contributed by atoms with Crippen LogP contribution in [-0.2, 0) is 13.8 Å². The Bertz CT molecular complexity index is 807. The van der Waals surface area contributed by atoms with Crippen LogP contribution in [0.2, 0.25) is 0 Å². The van der Waals surface area contributed by atoms with Crippen LogP contribution in [0.15, 0.2) is 12.4 Å². The van der Waals surface area contributed by atoms with Crippen LogP contribution in [0.3, 0.4) is 0 Å². The van der Waals surface area contributed by atoms with E-state index >= 15 is 0 Å². The molecule has 0 radical (unpaired) electrons. The molecule has 4 atom stereocenters. The molecule has 0 saturated carbocycles. The Morgan fingerprint density at radius 1 is 1.33 bits per heavy atom. The number of nitrogens with zero attached hydrogens (tertiary/aromatic N) is 3. The molecule has 1 aliphatic heterocycles. The number of rotatable bonds is 4. The molecular weight excluding hydrogens is 345 g/mol. The van der Waals surface area contributed by atoms with Gasteiger partial charge in [-0.05, 0) is 0 Å². The molecule has 0 amide bonds. The van der Waals surface area contributed by atoms with Gasteiger partial charge in [0, 0.05) is 6.07 Å². The molecule has 24 heavy (non-hydrogen) atoms. The standard InChI is InChI=1S/C11H16N5O7P/c12-6-1-4-7(10(13)15-6)16(3-14-4)11-9(18)8(17)5(23-11)2-22-24(19,20)21/h1,3,5,8-9,11,17-18H,2H2,(H4,12,13,15)(H2,19,20,21)/t5-,8-,9+,11-/m1/s1. The van der Waals surface area contributed by atoms with E-state index < -0.39 is 39.0 Å². The van der Waals surface area contributed by atoms with Gasteiger partial charge >= 0.3 is 7.82 Å². The number of imidazole rings is 1. The van der Waals surface area contributed by atoms with Crippen molar-refractivity contribution in [3.8, 4) is 0 Å². The Morgan fingerprint density at radius 2 is 2.04 bits per heavy atom. The third-order valence-corrected chi connectivity index (χ3v) is 4.10. The van der Waals surface area contributed by atoms with Crippen molar-refractivity contribution < 1.29 is 33.8 Å². The van der Waals surface area contributed by atoms with Gasteiger partial charge in [0.1, 0.15) is 29.6 Å². The van der Waals surface area contributed by atoms with E-state index in [2.05, 4.69) is 14.5 Å². The Balaban J connectivity index is 1.89. The zero-order chi connectivity index (χ0) is 17.6. The average molecular weight is 361 g/mol. The first-order valence-electron chi connectivity index (χ1n) is 6.77. The number of hydrogen-bond donors (Lipinski definition) is 6. The molecule has 13 heteroatoms. The largest absolute Gasteiger partial charge is 0.469 e. The molecule has 1 aliphatic rings. The first-order chi connectivity index (χ1) is 11.2. The molecule has 0 unspecified atom stereocenters. The minimum Gasteiger partial charge on any atom is -0.387 e. The lowest BCUT2D eigenvalue weighted by molar-refractivity contribution is -0.0501. The molecule has 1 fully saturated rings. The molecule has 0 bridgehead atoms. The van der Waals surface area contributed by atoms with Crippen LogP contribution in [0.25, 0.3) is 11.0 Å². The number of nitrogens with two attached hydrogens (primary N) is 2. The van der Waals surface area contributed by atoms with E-state index in [1.165, 1.54) is 17.0 Å². The van der Waals surface area contributed by atoms with Crippen LogP contribution < -0.4 is 11.5 Å². The number of nitrogen functional groups attached to an aromatic ring is 2. The molecule has 132 valence electrons. The van der Waals surface area contributed by atoms with Crippen molar-refractivity contribution in [3.05, 3.63) is 12.4 Å². The SMILES string of the molecule is Nc1cc2ncn([C@@H]3O[C@H](COP(=O)(O)O)[C@@H](O)[C@@H]3O)c2c(N)n1. The smallest absolute Gasteiger partial charge is 0.387 e. The Morgan fingerprint density at radius 3 is 2.71 bits per heavy atom. The minimum absolute atomic E-state index is 0.0581. The van der Waals surface area contributed by atoms with Crippen LogP contribution in [0.1, 0.15) is 6.23 Å². The fourth-order valence-electron chi connectivity index (χ4n) is 2.57. The lowest BCUT2D eigenvalue weighted by Crippen LogP contribution is -2.33. The average Bonchev–Trinajstić information content (AvgIpc) is 2.99. The second kappa shape index (κ2) is 5.93. The van der Waals surface area contributed by atoms with E-state index in [1.807, 2.05) is 0 Å². The molecule has 0 aromatic carbocycles. The lowest BCUT2D eigenvalue weighted by atomic mass is 10.1. The van der Waals surface area contributed by atoms with Gasteiger partial charge in [-0.15, -0.1) is 0 Å². The van der Waals surface area contributed by atoms with E-state index in [-0.39, 0.29) is 11.6 Å². The van der Waals surface area contributed by atoms with Crippen molar-refractivity contribution in [1.29, 1.82) is 0 Å². The number of anilines is 2. The van der Waals surface area contributed by atoms with E-state index in [1.54, 1.807) is 0 Å². The molecule has 3 heterocycles. The summed E-state index contributed by atoms with van der Waals surface area (Å²) in [5.74, 6) is 0.230. The summed E-state index contributed by atoms with van der Waals surface area (Å²) in [7, 11) is -4.73. The van der Waals surface area contributed by atoms with Gasteiger partial charge in [-0.2, -0.15) is 0 Å². The Hall–Kier alpha value is -1.79. The highest BCUT2D eigenvalue weighted by Crippen LogP contribution is 2.39. The molecule has 0 aliphatic carbocycles. The van der Waals surface area contributed by atoms with Crippen LogP contribution in [-0.4, -0.2) is 59.5 Å². The number of ether oxygens (including phenoxy) is 1. The summed E-state index contributed by atoms with van der Waals surface area (Å²) in [6.45, 7) is -0.605. The number of fused-ring (bicyclic) bond motifs is 1. The molecule has 2 aromatic heterocycles. The van der Waals surface area contributed by atoms with Gasteiger partial charge in [-0.25, -0.2) is 14.5 Å². The summed E-state index contributed by atoms with van der Waals surface area (Å²) < 4.78 is 21.9. The number of aliphatic hydroxyl groups excluding tert-OH is 2.